The lowest BCUT2D eigenvalue weighted by Crippen LogP contribution is -1.96. The van der Waals surface area contributed by atoms with Crippen LogP contribution in [-0.4, -0.2) is 0 Å². The molecule has 0 nitrogen and oxygen atoms in total. The highest BCUT2D eigenvalue weighted by Gasteiger charge is 2.11. The van der Waals surface area contributed by atoms with Crippen molar-refractivity contribution in [2.24, 2.45) is 0 Å². The molecule has 90 valence electrons. The Kier molecular flexibility index (Phi) is 3.51. The summed E-state index contributed by atoms with van der Waals surface area (Å²) < 4.78 is 0. The topological polar surface area (TPSA) is 0 Å². The summed E-state index contributed by atoms with van der Waals surface area (Å²) in [5, 5.41) is 2.87. The summed E-state index contributed by atoms with van der Waals surface area (Å²) in [7, 11) is 0. The van der Waals surface area contributed by atoms with Gasteiger partial charge in [0.15, 0.2) is 0 Å². The Morgan fingerprint density at radius 1 is 0.824 bits per heavy atom. The van der Waals surface area contributed by atoms with E-state index in [0.717, 1.165) is 0 Å². The monoisotopic (exact) mass is 226 g/mol. The van der Waals surface area contributed by atoms with Crippen LogP contribution in [0.4, 0.5) is 0 Å². The van der Waals surface area contributed by atoms with Crippen LogP contribution in [0.15, 0.2) is 36.4 Å². The van der Waals surface area contributed by atoms with Crippen molar-refractivity contribution in [1.29, 1.82) is 0 Å². The number of hydrogen-bond donors (Lipinski definition) is 0. The average molecular weight is 226 g/mol. The molecular weight excluding hydrogens is 204 g/mol. The highest BCUT2D eigenvalue weighted by atomic mass is 14.2. The van der Waals surface area contributed by atoms with E-state index in [4.69, 9.17) is 0 Å². The third-order valence-electron chi connectivity index (χ3n) is 3.76. The van der Waals surface area contributed by atoms with Crippen LogP contribution in [0.2, 0.25) is 0 Å². The van der Waals surface area contributed by atoms with Crippen LogP contribution >= 0.6 is 0 Å². The van der Waals surface area contributed by atoms with Crippen molar-refractivity contribution in [2.75, 3.05) is 0 Å². The van der Waals surface area contributed by atoms with Gasteiger partial charge in [0.2, 0.25) is 0 Å². The van der Waals surface area contributed by atoms with Gasteiger partial charge in [-0.2, -0.15) is 0 Å². The molecule has 0 saturated heterocycles. The van der Waals surface area contributed by atoms with Crippen molar-refractivity contribution in [1.82, 2.24) is 0 Å². The summed E-state index contributed by atoms with van der Waals surface area (Å²) in [5.74, 6) is 1.23. The van der Waals surface area contributed by atoms with Gasteiger partial charge in [0.25, 0.3) is 0 Å². The molecule has 0 saturated carbocycles. The molecule has 2 rings (SSSR count). The minimum absolute atomic E-state index is 0.589. The number of hydrogen-bond acceptors (Lipinski definition) is 0. The van der Waals surface area contributed by atoms with Crippen molar-refractivity contribution >= 4 is 10.8 Å². The minimum atomic E-state index is 0.589. The second kappa shape index (κ2) is 4.91. The zero-order valence-electron chi connectivity index (χ0n) is 11.3. The quantitative estimate of drug-likeness (QED) is 0.650. The molecule has 0 spiro atoms. The van der Waals surface area contributed by atoms with Crippen LogP contribution in [-0.2, 0) is 0 Å². The Labute approximate surface area is 105 Å². The molecule has 0 heterocycles. The van der Waals surface area contributed by atoms with Gasteiger partial charge in [-0.3, -0.25) is 0 Å². The van der Waals surface area contributed by atoms with Gasteiger partial charge >= 0.3 is 0 Å². The van der Waals surface area contributed by atoms with Gasteiger partial charge in [-0.25, -0.2) is 0 Å². The summed E-state index contributed by atoms with van der Waals surface area (Å²) >= 11 is 0. The van der Waals surface area contributed by atoms with E-state index in [2.05, 4.69) is 64.1 Å². The third-order valence-corrected chi connectivity index (χ3v) is 3.76. The van der Waals surface area contributed by atoms with Gasteiger partial charge in [-0.15, -0.1) is 0 Å². The molecule has 0 amide bonds. The first-order chi connectivity index (χ1) is 8.15. The largest absolute Gasteiger partial charge is 0.0648 e. The highest BCUT2D eigenvalue weighted by Crippen LogP contribution is 2.32. The van der Waals surface area contributed by atoms with E-state index < -0.39 is 0 Å². The lowest BCUT2D eigenvalue weighted by molar-refractivity contribution is 0.738. The first kappa shape index (κ1) is 12.2. The molecule has 0 aromatic heterocycles. The predicted molar refractivity (Wildman–Crippen MR) is 76.7 cm³/mol. The molecule has 17 heavy (non-hydrogen) atoms. The zero-order valence-corrected chi connectivity index (χ0v) is 11.3. The van der Waals surface area contributed by atoms with Crippen LogP contribution in [0.25, 0.3) is 10.8 Å². The van der Waals surface area contributed by atoms with Gasteiger partial charge < -0.3 is 0 Å². The zero-order chi connectivity index (χ0) is 12.4. The fourth-order valence-electron chi connectivity index (χ4n) is 2.50. The molecule has 0 N–H and O–H groups in total. The Morgan fingerprint density at radius 3 is 1.88 bits per heavy atom. The first-order valence-corrected chi connectivity index (χ1v) is 6.66. The van der Waals surface area contributed by atoms with Gasteiger partial charge in [-0.05, 0) is 40.2 Å². The molecule has 0 fully saturated rings. The van der Waals surface area contributed by atoms with E-state index in [9.17, 15) is 0 Å². The highest BCUT2D eigenvalue weighted by molar-refractivity contribution is 5.89. The fraction of sp³-hybridized carbons (Fsp3) is 0.412. The first-order valence-electron chi connectivity index (χ1n) is 6.66. The van der Waals surface area contributed by atoms with Crippen LogP contribution in [0.3, 0.4) is 0 Å². The molecule has 0 aliphatic rings. The number of fused-ring (bicyclic) bond motifs is 1. The number of rotatable bonds is 3. The summed E-state index contributed by atoms with van der Waals surface area (Å²) in [4.78, 5) is 0. The molecule has 0 bridgehead atoms. The summed E-state index contributed by atoms with van der Waals surface area (Å²) in [6.45, 7) is 9.11. The number of benzene rings is 2. The lowest BCUT2D eigenvalue weighted by atomic mass is 9.88. The molecule has 0 aliphatic heterocycles. The Hall–Kier alpha value is -1.30. The van der Waals surface area contributed by atoms with Crippen molar-refractivity contribution in [3.05, 3.63) is 47.5 Å². The molecule has 0 heteroatoms. The van der Waals surface area contributed by atoms with Gasteiger partial charge in [0.05, 0.1) is 0 Å². The Balaban J connectivity index is 2.70. The van der Waals surface area contributed by atoms with Crippen molar-refractivity contribution in [3.8, 4) is 0 Å². The maximum absolute atomic E-state index is 2.33. The Morgan fingerprint density at radius 2 is 1.35 bits per heavy atom. The van der Waals surface area contributed by atoms with Crippen LogP contribution in [0.5, 0.6) is 0 Å². The smallest absolute Gasteiger partial charge is 0.0146 e. The van der Waals surface area contributed by atoms with Crippen molar-refractivity contribution in [2.45, 2.75) is 46.0 Å². The Bertz CT molecular complexity index is 508. The molecule has 2 aromatic rings. The van der Waals surface area contributed by atoms with E-state index in [1.165, 1.54) is 28.3 Å². The molecule has 1 atom stereocenters. The SMILES string of the molecule is CCC(C)c1ccc(C(C)C)c2ccccc12. The molecule has 0 radical (unpaired) electrons. The lowest BCUT2D eigenvalue weighted by Gasteiger charge is -2.17. The van der Waals surface area contributed by atoms with E-state index in [1.54, 1.807) is 0 Å². The van der Waals surface area contributed by atoms with Crippen LogP contribution in [0.1, 0.15) is 57.1 Å². The third kappa shape index (κ3) is 2.22. The maximum Gasteiger partial charge on any atom is -0.0146 e. The van der Waals surface area contributed by atoms with Crippen LogP contribution in [0, 0.1) is 0 Å². The molecule has 0 aliphatic carbocycles. The fourth-order valence-corrected chi connectivity index (χ4v) is 2.50. The van der Waals surface area contributed by atoms with E-state index in [-0.39, 0.29) is 0 Å². The minimum Gasteiger partial charge on any atom is -0.0648 e. The predicted octanol–water partition coefficient (Wildman–Crippen LogP) is 5.48. The summed E-state index contributed by atoms with van der Waals surface area (Å²) in [6, 6.07) is 13.5. The summed E-state index contributed by atoms with van der Waals surface area (Å²) in [5.41, 5.74) is 2.96. The second-order valence-corrected chi connectivity index (χ2v) is 5.25. The van der Waals surface area contributed by atoms with Gasteiger partial charge in [-0.1, -0.05) is 64.1 Å². The molecular formula is C17H22. The second-order valence-electron chi connectivity index (χ2n) is 5.25. The van der Waals surface area contributed by atoms with Crippen molar-refractivity contribution in [3.63, 3.8) is 0 Å². The molecule has 2 aromatic carbocycles. The van der Waals surface area contributed by atoms with E-state index in [1.807, 2.05) is 0 Å². The van der Waals surface area contributed by atoms with Crippen molar-refractivity contribution < 1.29 is 0 Å². The summed E-state index contributed by atoms with van der Waals surface area (Å²) in [6.07, 6.45) is 1.20. The van der Waals surface area contributed by atoms with E-state index in [0.29, 0.717) is 11.8 Å². The van der Waals surface area contributed by atoms with E-state index >= 15 is 0 Å². The van der Waals surface area contributed by atoms with Crippen LogP contribution < -0.4 is 0 Å². The normalized spacial score (nSPS) is 13.2. The maximum atomic E-state index is 2.33. The molecule has 1 unspecified atom stereocenters. The van der Waals surface area contributed by atoms with Gasteiger partial charge in [0, 0.05) is 0 Å². The standard InChI is InChI=1S/C17H22/c1-5-13(4)15-11-10-14(12(2)3)16-8-6-7-9-17(15)16/h6-13H,5H2,1-4H3. The van der Waals surface area contributed by atoms with Gasteiger partial charge in [0.1, 0.15) is 0 Å². The average Bonchev–Trinajstić information content (AvgIpc) is 2.36.